The average molecular weight is 477 g/mol. The lowest BCUT2D eigenvalue weighted by Gasteiger charge is -2.67. The van der Waals surface area contributed by atoms with E-state index in [4.69, 9.17) is 14.2 Å². The maximum absolute atomic E-state index is 13.8. The van der Waals surface area contributed by atoms with Crippen molar-refractivity contribution in [3.8, 4) is 0 Å². The molecule has 1 N–H and O–H groups in total. The van der Waals surface area contributed by atoms with E-state index in [9.17, 15) is 24.3 Å². The predicted octanol–water partition coefficient (Wildman–Crippen LogP) is 2.75. The van der Waals surface area contributed by atoms with Crippen LogP contribution < -0.4 is 0 Å². The number of Topliss-reactive ketones (excluding diaryl/α,β-unsaturated/α-hetero) is 1. The number of fused-ring (bicyclic) bond motifs is 3. The van der Waals surface area contributed by atoms with Gasteiger partial charge in [0.05, 0.1) is 6.10 Å². The molecule has 0 aromatic rings. The average Bonchev–Trinajstić information content (AvgIpc) is 2.82. The molecule has 1 spiro atoms. The van der Waals surface area contributed by atoms with Crippen molar-refractivity contribution in [1.29, 1.82) is 0 Å². The molecule has 4 saturated carbocycles. The molecule has 8 heteroatoms. The van der Waals surface area contributed by atoms with E-state index in [1.54, 1.807) is 0 Å². The molecular weight excluding hydrogens is 440 g/mol. The zero-order valence-electron chi connectivity index (χ0n) is 20.9. The molecule has 9 atom stereocenters. The van der Waals surface area contributed by atoms with Crippen LogP contribution in [0, 0.1) is 34.0 Å². The molecule has 2 bridgehead atoms. The number of ether oxygens (including phenoxy) is 3. The number of esters is 3. The highest BCUT2D eigenvalue weighted by molar-refractivity contribution is 6.04. The second kappa shape index (κ2) is 7.90. The van der Waals surface area contributed by atoms with Gasteiger partial charge in [0.15, 0.2) is 5.78 Å². The Hall–Kier alpha value is -2.22. The van der Waals surface area contributed by atoms with Gasteiger partial charge in [0, 0.05) is 43.9 Å². The molecule has 4 aliphatic rings. The van der Waals surface area contributed by atoms with Gasteiger partial charge < -0.3 is 19.3 Å². The summed E-state index contributed by atoms with van der Waals surface area (Å²) >= 11 is 0. The molecule has 4 rings (SSSR count). The van der Waals surface area contributed by atoms with Gasteiger partial charge in [-0.05, 0) is 36.7 Å². The quantitative estimate of drug-likeness (QED) is 0.376. The second-order valence-corrected chi connectivity index (χ2v) is 11.5. The van der Waals surface area contributed by atoms with E-state index in [1.165, 1.54) is 20.8 Å². The number of carbonyl (C=O) groups is 4. The molecule has 0 saturated heterocycles. The molecular formula is C26H36O8. The Morgan fingerprint density at radius 3 is 2.00 bits per heavy atom. The van der Waals surface area contributed by atoms with Gasteiger partial charge in [0.2, 0.25) is 0 Å². The van der Waals surface area contributed by atoms with Crippen LogP contribution in [0.15, 0.2) is 12.2 Å². The lowest BCUT2D eigenvalue weighted by molar-refractivity contribution is -0.275. The van der Waals surface area contributed by atoms with Gasteiger partial charge in [0.25, 0.3) is 0 Å². The predicted molar refractivity (Wildman–Crippen MR) is 120 cm³/mol. The maximum atomic E-state index is 13.8. The van der Waals surface area contributed by atoms with E-state index in [0.717, 1.165) is 0 Å². The maximum Gasteiger partial charge on any atom is 0.302 e. The first-order chi connectivity index (χ1) is 15.7. The van der Waals surface area contributed by atoms with Gasteiger partial charge in [-0.3, -0.25) is 19.2 Å². The molecule has 0 aromatic carbocycles. The highest BCUT2D eigenvalue weighted by Gasteiger charge is 2.77. The van der Waals surface area contributed by atoms with Crippen molar-refractivity contribution in [1.82, 2.24) is 0 Å². The zero-order chi connectivity index (χ0) is 25.4. The van der Waals surface area contributed by atoms with Crippen molar-refractivity contribution in [2.75, 3.05) is 0 Å². The third-order valence-corrected chi connectivity index (χ3v) is 9.58. The Kier molecular flexibility index (Phi) is 5.78. The number of hydrogen-bond donors (Lipinski definition) is 1. The largest absolute Gasteiger partial charge is 0.462 e. The minimum absolute atomic E-state index is 0.221. The summed E-state index contributed by atoms with van der Waals surface area (Å²) in [5.41, 5.74) is -2.23. The number of aliphatic hydroxyl groups excluding tert-OH is 1. The number of rotatable bonds is 3. The topological polar surface area (TPSA) is 116 Å². The number of carbonyl (C=O) groups excluding carboxylic acids is 4. The summed E-state index contributed by atoms with van der Waals surface area (Å²) in [4.78, 5) is 50.0. The third-order valence-electron chi connectivity index (χ3n) is 9.58. The minimum Gasteiger partial charge on any atom is -0.462 e. The summed E-state index contributed by atoms with van der Waals surface area (Å²) in [6.07, 6.45) is -1.35. The summed E-state index contributed by atoms with van der Waals surface area (Å²) in [5.74, 6) is -2.62. The van der Waals surface area contributed by atoms with Crippen molar-refractivity contribution in [2.45, 2.75) is 91.6 Å². The summed E-state index contributed by atoms with van der Waals surface area (Å²) < 4.78 is 17.3. The molecule has 0 aromatic heterocycles. The van der Waals surface area contributed by atoms with E-state index in [0.29, 0.717) is 24.8 Å². The fourth-order valence-corrected chi connectivity index (χ4v) is 8.34. The summed E-state index contributed by atoms with van der Waals surface area (Å²) in [7, 11) is 0. The molecule has 34 heavy (non-hydrogen) atoms. The number of ketones is 1. The monoisotopic (exact) mass is 476 g/mol. The Bertz CT molecular complexity index is 952. The van der Waals surface area contributed by atoms with Gasteiger partial charge in [0.1, 0.15) is 23.7 Å². The Morgan fingerprint density at radius 2 is 1.44 bits per heavy atom. The molecule has 0 radical (unpaired) electrons. The van der Waals surface area contributed by atoms with Crippen LogP contribution >= 0.6 is 0 Å². The summed E-state index contributed by atoms with van der Waals surface area (Å²) in [5, 5.41) is 11.7. The van der Waals surface area contributed by atoms with Crippen LogP contribution in [0.25, 0.3) is 0 Å². The number of hydrogen-bond acceptors (Lipinski definition) is 8. The van der Waals surface area contributed by atoms with E-state index >= 15 is 0 Å². The molecule has 0 heterocycles. The lowest BCUT2D eigenvalue weighted by Crippen LogP contribution is -2.72. The Labute approximate surface area is 200 Å². The minimum atomic E-state index is -1.33. The van der Waals surface area contributed by atoms with Crippen molar-refractivity contribution >= 4 is 23.7 Å². The van der Waals surface area contributed by atoms with Crippen molar-refractivity contribution in [3.05, 3.63) is 12.2 Å². The third kappa shape index (κ3) is 3.13. The fourth-order valence-electron chi connectivity index (χ4n) is 8.34. The van der Waals surface area contributed by atoms with Crippen LogP contribution in [0.4, 0.5) is 0 Å². The molecule has 188 valence electrons. The van der Waals surface area contributed by atoms with Gasteiger partial charge in [-0.25, -0.2) is 0 Å². The van der Waals surface area contributed by atoms with E-state index < -0.39 is 64.5 Å². The summed E-state index contributed by atoms with van der Waals surface area (Å²) in [6.45, 7) is 14.1. The van der Waals surface area contributed by atoms with Crippen LogP contribution in [0.3, 0.4) is 0 Å². The smallest absolute Gasteiger partial charge is 0.302 e. The SMILES string of the molecule is C=C1C(=O)[C@]23[C@H](O)C[C@H]4C(C)(C)[C@@H](OC(C)=O)C[C@H](OC(C)=O)[C@@]4(C)[C@H]2CC[C@@H]1[C@H]3OC(C)=O. The van der Waals surface area contributed by atoms with Crippen molar-refractivity contribution in [3.63, 3.8) is 0 Å². The van der Waals surface area contributed by atoms with Gasteiger partial charge in [-0.15, -0.1) is 0 Å². The highest BCUT2D eigenvalue weighted by Crippen LogP contribution is 2.72. The van der Waals surface area contributed by atoms with Crippen LogP contribution in [0.5, 0.6) is 0 Å². The molecule has 4 fully saturated rings. The second-order valence-electron chi connectivity index (χ2n) is 11.5. The lowest BCUT2D eigenvalue weighted by atomic mass is 9.38. The van der Waals surface area contributed by atoms with Gasteiger partial charge in [-0.1, -0.05) is 27.4 Å². The summed E-state index contributed by atoms with van der Waals surface area (Å²) in [6, 6.07) is 0. The van der Waals surface area contributed by atoms with Crippen molar-refractivity contribution in [2.24, 2.45) is 34.0 Å². The van der Waals surface area contributed by atoms with Crippen LogP contribution in [-0.4, -0.2) is 53.2 Å². The van der Waals surface area contributed by atoms with E-state index in [1.807, 2.05) is 20.8 Å². The first kappa shape index (κ1) is 24.9. The highest BCUT2D eigenvalue weighted by atomic mass is 16.6. The van der Waals surface area contributed by atoms with E-state index in [-0.39, 0.29) is 24.0 Å². The number of aliphatic hydroxyl groups is 1. The van der Waals surface area contributed by atoms with Crippen LogP contribution in [0.1, 0.15) is 67.2 Å². The molecule has 0 aliphatic heterocycles. The zero-order valence-corrected chi connectivity index (χ0v) is 20.9. The van der Waals surface area contributed by atoms with E-state index in [2.05, 4.69) is 6.58 Å². The standard InChI is InChI=1S/C26H36O8/c1-12-16-8-9-17-25(7)18(10-19(30)26(17,22(12)31)23(16)34-15(4)29)24(5,6)20(32-13(2)27)11-21(25)33-14(3)28/h16-21,23,30H,1,8-11H2,2-7H3/t16-,17+,18-,19+,20-,21-,23+,25-,26+/m0/s1. The normalized spacial score (nSPS) is 44.5. The Balaban J connectivity index is 1.90. The first-order valence-corrected chi connectivity index (χ1v) is 12.1. The van der Waals surface area contributed by atoms with Gasteiger partial charge in [-0.2, -0.15) is 0 Å². The van der Waals surface area contributed by atoms with Crippen LogP contribution in [0.2, 0.25) is 0 Å². The Morgan fingerprint density at radius 1 is 0.882 bits per heavy atom. The molecule has 4 aliphatic carbocycles. The van der Waals surface area contributed by atoms with Gasteiger partial charge >= 0.3 is 17.9 Å². The molecule has 8 nitrogen and oxygen atoms in total. The fraction of sp³-hybridized carbons (Fsp3) is 0.769. The molecule has 0 unspecified atom stereocenters. The van der Waals surface area contributed by atoms with Crippen molar-refractivity contribution < 1.29 is 38.5 Å². The first-order valence-electron chi connectivity index (χ1n) is 12.1. The molecule has 0 amide bonds. The van der Waals surface area contributed by atoms with Crippen LogP contribution in [-0.2, 0) is 33.4 Å².